The van der Waals surface area contributed by atoms with E-state index in [-0.39, 0.29) is 18.6 Å². The lowest BCUT2D eigenvalue weighted by atomic mass is 10.0. The van der Waals surface area contributed by atoms with Gasteiger partial charge in [0.1, 0.15) is 0 Å². The third-order valence-electron chi connectivity index (χ3n) is 3.06. The normalized spacial score (nSPS) is 18.2. The van der Waals surface area contributed by atoms with E-state index >= 15 is 0 Å². The van der Waals surface area contributed by atoms with Crippen LogP contribution in [0.2, 0.25) is 0 Å². The van der Waals surface area contributed by atoms with Crippen LogP contribution in [0.25, 0.3) is 0 Å². The van der Waals surface area contributed by atoms with E-state index in [1.54, 1.807) is 17.3 Å². The molecule has 18 heavy (non-hydrogen) atoms. The number of carbonyl (C=O) groups excluding carboxylic acids is 1. The summed E-state index contributed by atoms with van der Waals surface area (Å²) in [6.07, 6.45) is 3.89. The average Bonchev–Trinajstić information content (AvgIpc) is 2.84. The number of nitrogens with zero attached hydrogens (tertiary/aromatic N) is 2. The molecule has 1 amide bonds. The molecule has 1 atom stereocenters. The van der Waals surface area contributed by atoms with Gasteiger partial charge < -0.3 is 15.0 Å². The molecule has 0 aromatic carbocycles. The number of aliphatic hydroxyl groups is 1. The Bertz CT molecular complexity index is 429. The van der Waals surface area contributed by atoms with E-state index in [9.17, 15) is 4.79 Å². The molecule has 3 N–H and O–H groups in total. The highest BCUT2D eigenvalue weighted by molar-refractivity contribution is 5.82. The van der Waals surface area contributed by atoms with Crippen LogP contribution in [0, 0.1) is 0 Å². The summed E-state index contributed by atoms with van der Waals surface area (Å²) < 4.78 is 0. The average molecular weight is 250 g/mol. The van der Waals surface area contributed by atoms with Crippen molar-refractivity contribution >= 4 is 5.91 Å². The Kier molecular flexibility index (Phi) is 4.11. The van der Waals surface area contributed by atoms with Crippen molar-refractivity contribution in [3.05, 3.63) is 30.4 Å². The zero-order valence-corrected chi connectivity index (χ0v) is 10.2. The molecule has 1 unspecified atom stereocenters. The maximum atomic E-state index is 12.3. The van der Waals surface area contributed by atoms with Crippen molar-refractivity contribution in [1.82, 2.24) is 20.2 Å². The number of hydrogen-bond donors (Lipinski definition) is 3. The molecule has 1 aromatic rings. The smallest absolute Gasteiger partial charge is 0.240 e. The quantitative estimate of drug-likeness (QED) is 0.611. The van der Waals surface area contributed by atoms with Gasteiger partial charge in [-0.3, -0.25) is 10.1 Å². The van der Waals surface area contributed by atoms with Gasteiger partial charge in [0.15, 0.2) is 0 Å². The highest BCUT2D eigenvalue weighted by Gasteiger charge is 2.28. The third kappa shape index (κ3) is 2.60. The molecule has 98 valence electrons. The fraction of sp³-hybridized carbons (Fsp3) is 0.500. The van der Waals surface area contributed by atoms with Gasteiger partial charge in [0.25, 0.3) is 0 Å². The predicted octanol–water partition coefficient (Wildman–Crippen LogP) is -0.569. The van der Waals surface area contributed by atoms with Crippen LogP contribution in [0.3, 0.4) is 0 Å². The summed E-state index contributed by atoms with van der Waals surface area (Å²) in [6, 6.07) is -0.271. The Morgan fingerprint density at radius 3 is 3.28 bits per heavy atom. The molecular weight excluding hydrogens is 232 g/mol. The van der Waals surface area contributed by atoms with E-state index in [4.69, 9.17) is 5.11 Å². The number of hydrogen-bond acceptors (Lipinski definition) is 4. The second kappa shape index (κ2) is 5.79. The van der Waals surface area contributed by atoms with E-state index in [0.717, 1.165) is 11.4 Å². The van der Waals surface area contributed by atoms with Gasteiger partial charge in [0.05, 0.1) is 30.4 Å². The fourth-order valence-electron chi connectivity index (χ4n) is 2.13. The van der Waals surface area contributed by atoms with E-state index in [1.807, 2.05) is 0 Å². The van der Waals surface area contributed by atoms with E-state index < -0.39 is 0 Å². The Morgan fingerprint density at radius 2 is 2.56 bits per heavy atom. The molecule has 2 rings (SSSR count). The maximum Gasteiger partial charge on any atom is 0.240 e. The van der Waals surface area contributed by atoms with Crippen LogP contribution >= 0.6 is 0 Å². The first-order valence-corrected chi connectivity index (χ1v) is 6.01. The van der Waals surface area contributed by atoms with Gasteiger partial charge in [-0.2, -0.15) is 0 Å². The van der Waals surface area contributed by atoms with Crippen LogP contribution in [0.5, 0.6) is 0 Å². The Morgan fingerprint density at radius 1 is 1.72 bits per heavy atom. The number of carbonyl (C=O) groups is 1. The van der Waals surface area contributed by atoms with E-state index in [2.05, 4.69) is 21.9 Å². The van der Waals surface area contributed by atoms with Crippen LogP contribution in [0.15, 0.2) is 19.0 Å². The number of rotatable bonds is 5. The molecule has 1 aliphatic heterocycles. The first kappa shape index (κ1) is 12.8. The second-order valence-corrected chi connectivity index (χ2v) is 4.26. The lowest BCUT2D eigenvalue weighted by molar-refractivity contribution is -0.133. The van der Waals surface area contributed by atoms with Crippen molar-refractivity contribution in [1.29, 1.82) is 0 Å². The molecule has 6 nitrogen and oxygen atoms in total. The summed E-state index contributed by atoms with van der Waals surface area (Å²) in [4.78, 5) is 21.1. The van der Waals surface area contributed by atoms with Crippen LogP contribution in [-0.4, -0.2) is 51.6 Å². The van der Waals surface area contributed by atoms with Crippen molar-refractivity contribution in [2.75, 3.05) is 19.7 Å². The number of amides is 1. The second-order valence-electron chi connectivity index (χ2n) is 4.26. The molecule has 2 heterocycles. The van der Waals surface area contributed by atoms with E-state index in [0.29, 0.717) is 26.1 Å². The first-order valence-electron chi connectivity index (χ1n) is 6.01. The molecule has 0 saturated carbocycles. The minimum absolute atomic E-state index is 0.0161. The molecule has 6 heteroatoms. The highest BCUT2D eigenvalue weighted by atomic mass is 16.3. The molecule has 0 aliphatic carbocycles. The van der Waals surface area contributed by atoms with Gasteiger partial charge in [-0.1, -0.05) is 6.08 Å². The summed E-state index contributed by atoms with van der Waals surface area (Å²) >= 11 is 0. The SMILES string of the molecule is C=CCN(CCO)C(=O)C1Cc2nc[nH]c2CN1. The Balaban J connectivity index is 2.03. The van der Waals surface area contributed by atoms with Crippen molar-refractivity contribution in [3.8, 4) is 0 Å². The number of aliphatic hydroxyl groups excluding tert-OH is 1. The van der Waals surface area contributed by atoms with E-state index in [1.165, 1.54) is 0 Å². The van der Waals surface area contributed by atoms with Crippen molar-refractivity contribution in [2.24, 2.45) is 0 Å². The number of fused-ring (bicyclic) bond motifs is 1. The van der Waals surface area contributed by atoms with Gasteiger partial charge >= 0.3 is 0 Å². The molecule has 1 aliphatic rings. The van der Waals surface area contributed by atoms with Gasteiger partial charge in [-0.15, -0.1) is 6.58 Å². The van der Waals surface area contributed by atoms with Crippen LogP contribution in [-0.2, 0) is 17.8 Å². The topological polar surface area (TPSA) is 81.2 Å². The van der Waals surface area contributed by atoms with Crippen LogP contribution in [0.1, 0.15) is 11.4 Å². The van der Waals surface area contributed by atoms with Gasteiger partial charge in [-0.05, 0) is 0 Å². The largest absolute Gasteiger partial charge is 0.395 e. The Labute approximate surface area is 106 Å². The minimum atomic E-state index is -0.271. The Hall–Kier alpha value is -1.66. The summed E-state index contributed by atoms with van der Waals surface area (Å²) in [5.74, 6) is -0.0161. The summed E-state index contributed by atoms with van der Waals surface area (Å²) in [6.45, 7) is 4.98. The van der Waals surface area contributed by atoms with Crippen molar-refractivity contribution in [2.45, 2.75) is 19.0 Å². The number of aromatic amines is 1. The van der Waals surface area contributed by atoms with Crippen LogP contribution < -0.4 is 5.32 Å². The zero-order chi connectivity index (χ0) is 13.0. The fourth-order valence-corrected chi connectivity index (χ4v) is 2.13. The summed E-state index contributed by atoms with van der Waals surface area (Å²) in [7, 11) is 0. The lowest BCUT2D eigenvalue weighted by Gasteiger charge is -2.28. The molecule has 0 bridgehead atoms. The number of imidazole rings is 1. The molecule has 0 fully saturated rings. The van der Waals surface area contributed by atoms with Gasteiger partial charge in [0.2, 0.25) is 5.91 Å². The summed E-state index contributed by atoms with van der Waals surface area (Å²) in [5.41, 5.74) is 1.98. The summed E-state index contributed by atoms with van der Waals surface area (Å²) in [5, 5.41) is 12.1. The lowest BCUT2D eigenvalue weighted by Crippen LogP contribution is -2.50. The standard InChI is InChI=1S/C12H18N4O2/c1-2-3-16(4-5-17)12(18)10-6-9-11(7-13-10)15-8-14-9/h2,8,10,13,17H,1,3-7H2,(H,14,15). The third-order valence-corrected chi connectivity index (χ3v) is 3.06. The van der Waals surface area contributed by atoms with Crippen molar-refractivity contribution in [3.63, 3.8) is 0 Å². The number of nitrogens with one attached hydrogen (secondary N) is 2. The first-order chi connectivity index (χ1) is 8.76. The van der Waals surface area contributed by atoms with Crippen LogP contribution in [0.4, 0.5) is 0 Å². The maximum absolute atomic E-state index is 12.3. The monoisotopic (exact) mass is 250 g/mol. The minimum Gasteiger partial charge on any atom is -0.395 e. The van der Waals surface area contributed by atoms with Crippen molar-refractivity contribution < 1.29 is 9.90 Å². The molecule has 1 aromatic heterocycles. The molecular formula is C12H18N4O2. The highest BCUT2D eigenvalue weighted by Crippen LogP contribution is 2.13. The van der Waals surface area contributed by atoms with Gasteiger partial charge in [-0.25, -0.2) is 4.98 Å². The zero-order valence-electron chi connectivity index (χ0n) is 10.2. The predicted molar refractivity (Wildman–Crippen MR) is 66.8 cm³/mol. The van der Waals surface area contributed by atoms with Gasteiger partial charge in [0, 0.05) is 26.1 Å². The molecule has 0 radical (unpaired) electrons. The number of aromatic nitrogens is 2. The number of H-pyrrole nitrogens is 1. The molecule has 0 spiro atoms. The molecule has 0 saturated heterocycles.